The molecule has 3 aromatic carbocycles. The van der Waals surface area contributed by atoms with Crippen LogP contribution in [-0.2, 0) is 0 Å². The number of fused-ring (bicyclic) bond motifs is 1. The van der Waals surface area contributed by atoms with Gasteiger partial charge in [0.25, 0.3) is 16.9 Å². The first-order chi connectivity index (χ1) is 15.0. The molecule has 0 fully saturated rings. The molecule has 1 aromatic heterocycles. The van der Waals surface area contributed by atoms with Crippen molar-refractivity contribution in [1.82, 2.24) is 9.55 Å². The molecule has 0 aliphatic heterocycles. The van der Waals surface area contributed by atoms with Crippen LogP contribution in [0.1, 0.15) is 11.4 Å². The highest BCUT2D eigenvalue weighted by Crippen LogP contribution is 2.24. The minimum Gasteiger partial charge on any atom is -0.268 e. The number of para-hydroxylation sites is 3. The van der Waals surface area contributed by atoms with E-state index >= 15 is 0 Å². The number of nitro benzene ring substituents is 2. The Kier molecular flexibility index (Phi) is 5.07. The number of aromatic nitrogens is 2. The lowest BCUT2D eigenvalue weighted by molar-refractivity contribution is -0.384. The van der Waals surface area contributed by atoms with Crippen LogP contribution in [0.4, 0.5) is 11.4 Å². The Labute approximate surface area is 174 Å². The molecule has 4 aromatic rings. The summed E-state index contributed by atoms with van der Waals surface area (Å²) < 4.78 is 1.17. The zero-order valence-corrected chi connectivity index (χ0v) is 15.9. The lowest BCUT2D eigenvalue weighted by atomic mass is 10.1. The van der Waals surface area contributed by atoms with Gasteiger partial charge in [0.2, 0.25) is 0 Å². The maximum absolute atomic E-state index is 13.3. The zero-order valence-electron chi connectivity index (χ0n) is 15.9. The van der Waals surface area contributed by atoms with Crippen molar-refractivity contribution >= 4 is 34.4 Å². The Morgan fingerprint density at radius 2 is 1.58 bits per heavy atom. The van der Waals surface area contributed by atoms with E-state index in [1.54, 1.807) is 48.5 Å². The first-order valence-electron chi connectivity index (χ1n) is 9.14. The summed E-state index contributed by atoms with van der Waals surface area (Å²) in [7, 11) is 0. The molecule has 31 heavy (non-hydrogen) atoms. The SMILES string of the molecule is O=c1c2ccccc2nc(/C=C/c2cccc([N+](=O)[O-])c2)n1-c1ccccc1[N+](=O)[O-]. The van der Waals surface area contributed by atoms with Crippen LogP contribution < -0.4 is 5.56 Å². The summed E-state index contributed by atoms with van der Waals surface area (Å²) in [6.07, 6.45) is 3.07. The van der Waals surface area contributed by atoms with Crippen molar-refractivity contribution in [3.05, 3.63) is 115 Å². The number of nitro groups is 2. The quantitative estimate of drug-likeness (QED) is 0.353. The van der Waals surface area contributed by atoms with E-state index in [-0.39, 0.29) is 22.9 Å². The van der Waals surface area contributed by atoms with Crippen LogP contribution in [0.25, 0.3) is 28.7 Å². The average Bonchev–Trinajstić information content (AvgIpc) is 2.78. The molecule has 0 saturated carbocycles. The minimum atomic E-state index is -0.564. The van der Waals surface area contributed by atoms with Crippen LogP contribution >= 0.6 is 0 Å². The predicted octanol–water partition coefficient (Wildman–Crippen LogP) is 4.37. The van der Waals surface area contributed by atoms with Gasteiger partial charge in [-0.05, 0) is 29.8 Å². The van der Waals surface area contributed by atoms with Gasteiger partial charge in [0.1, 0.15) is 11.5 Å². The van der Waals surface area contributed by atoms with Crippen molar-refractivity contribution in [2.45, 2.75) is 0 Å². The zero-order chi connectivity index (χ0) is 22.0. The van der Waals surface area contributed by atoms with Crippen LogP contribution in [0, 0.1) is 20.2 Å². The number of non-ortho nitro benzene ring substituents is 1. The van der Waals surface area contributed by atoms with E-state index in [9.17, 15) is 25.0 Å². The number of benzene rings is 3. The van der Waals surface area contributed by atoms with Crippen LogP contribution in [0.3, 0.4) is 0 Å². The third-order valence-corrected chi connectivity index (χ3v) is 4.63. The standard InChI is InChI=1S/C22H14N4O5/c27-22-17-8-1-2-9-18(17)23-21(13-12-15-6-5-7-16(14-15)25(28)29)24(22)19-10-3-4-11-20(19)26(30)31/h1-14H/b13-12+. The van der Waals surface area contributed by atoms with Gasteiger partial charge in [-0.3, -0.25) is 29.6 Å². The average molecular weight is 414 g/mol. The monoisotopic (exact) mass is 414 g/mol. The van der Waals surface area contributed by atoms with E-state index in [0.717, 1.165) is 0 Å². The topological polar surface area (TPSA) is 121 Å². The van der Waals surface area contributed by atoms with Crippen molar-refractivity contribution < 1.29 is 9.85 Å². The predicted molar refractivity (Wildman–Crippen MR) is 116 cm³/mol. The molecule has 0 unspecified atom stereocenters. The lowest BCUT2D eigenvalue weighted by Crippen LogP contribution is -2.23. The van der Waals surface area contributed by atoms with Gasteiger partial charge < -0.3 is 0 Å². The van der Waals surface area contributed by atoms with Crippen molar-refractivity contribution in [3.63, 3.8) is 0 Å². The second-order valence-corrected chi connectivity index (χ2v) is 6.56. The van der Waals surface area contributed by atoms with E-state index in [2.05, 4.69) is 4.98 Å². The first-order valence-corrected chi connectivity index (χ1v) is 9.14. The molecular formula is C22H14N4O5. The summed E-state index contributed by atoms with van der Waals surface area (Å²) in [5.41, 5.74) is 0.246. The van der Waals surface area contributed by atoms with Gasteiger partial charge in [0, 0.05) is 18.2 Å². The Morgan fingerprint density at radius 1 is 0.839 bits per heavy atom. The molecule has 0 atom stereocenters. The van der Waals surface area contributed by atoms with Crippen LogP contribution in [-0.4, -0.2) is 19.4 Å². The second kappa shape index (κ2) is 7.99. The Bertz CT molecular complexity index is 1430. The van der Waals surface area contributed by atoms with Crippen LogP contribution in [0.5, 0.6) is 0 Å². The molecule has 0 aliphatic carbocycles. The summed E-state index contributed by atoms with van der Waals surface area (Å²) in [5, 5.41) is 22.9. The normalized spacial score (nSPS) is 11.1. The van der Waals surface area contributed by atoms with E-state index in [1.165, 1.54) is 41.0 Å². The smallest absolute Gasteiger partial charge is 0.268 e. The molecular weight excluding hydrogens is 400 g/mol. The third-order valence-electron chi connectivity index (χ3n) is 4.63. The van der Waals surface area contributed by atoms with Gasteiger partial charge in [-0.25, -0.2) is 4.98 Å². The summed E-state index contributed by atoms with van der Waals surface area (Å²) in [5.74, 6) is 0.157. The molecule has 0 aliphatic rings. The van der Waals surface area contributed by atoms with Gasteiger partial charge in [0.05, 0.1) is 20.7 Å². The highest BCUT2D eigenvalue weighted by Gasteiger charge is 2.19. The van der Waals surface area contributed by atoms with Crippen LogP contribution in [0.2, 0.25) is 0 Å². The fourth-order valence-electron chi connectivity index (χ4n) is 3.21. The largest absolute Gasteiger partial charge is 0.293 e. The van der Waals surface area contributed by atoms with Crippen molar-refractivity contribution in [2.24, 2.45) is 0 Å². The molecule has 0 amide bonds. The summed E-state index contributed by atoms with van der Waals surface area (Å²) in [6, 6.07) is 18.5. The Hall–Kier alpha value is -4.66. The van der Waals surface area contributed by atoms with Crippen molar-refractivity contribution in [1.29, 1.82) is 0 Å². The van der Waals surface area contributed by atoms with Gasteiger partial charge >= 0.3 is 0 Å². The first kappa shape index (κ1) is 19.6. The number of hydrogen-bond acceptors (Lipinski definition) is 6. The summed E-state index contributed by atoms with van der Waals surface area (Å²) >= 11 is 0. The molecule has 0 saturated heterocycles. The van der Waals surface area contributed by atoms with Gasteiger partial charge in [-0.15, -0.1) is 0 Å². The van der Waals surface area contributed by atoms with Gasteiger partial charge in [-0.2, -0.15) is 0 Å². The van der Waals surface area contributed by atoms with Crippen LogP contribution in [0.15, 0.2) is 77.6 Å². The number of nitrogens with zero attached hydrogens (tertiary/aromatic N) is 4. The number of hydrogen-bond donors (Lipinski definition) is 0. The highest BCUT2D eigenvalue weighted by atomic mass is 16.6. The third kappa shape index (κ3) is 3.79. The molecule has 0 radical (unpaired) electrons. The van der Waals surface area contributed by atoms with Crippen molar-refractivity contribution in [3.8, 4) is 5.69 Å². The molecule has 0 N–H and O–H groups in total. The fraction of sp³-hybridized carbons (Fsp3) is 0. The van der Waals surface area contributed by atoms with Gasteiger partial charge in [0.15, 0.2) is 0 Å². The summed E-state index contributed by atoms with van der Waals surface area (Å²) in [4.78, 5) is 39.3. The maximum Gasteiger partial charge on any atom is 0.293 e. The summed E-state index contributed by atoms with van der Waals surface area (Å²) in [6.45, 7) is 0. The van der Waals surface area contributed by atoms with E-state index in [4.69, 9.17) is 0 Å². The molecule has 9 heteroatoms. The minimum absolute atomic E-state index is 0.0782. The number of rotatable bonds is 5. The lowest BCUT2D eigenvalue weighted by Gasteiger charge is -2.11. The van der Waals surface area contributed by atoms with E-state index in [1.807, 2.05) is 0 Å². The van der Waals surface area contributed by atoms with E-state index in [0.29, 0.717) is 16.5 Å². The molecule has 1 heterocycles. The fourth-order valence-corrected chi connectivity index (χ4v) is 3.21. The van der Waals surface area contributed by atoms with Gasteiger partial charge in [-0.1, -0.05) is 42.5 Å². The van der Waals surface area contributed by atoms with E-state index < -0.39 is 15.4 Å². The Balaban J connectivity index is 1.96. The molecule has 4 rings (SSSR count). The highest BCUT2D eigenvalue weighted by molar-refractivity contribution is 5.80. The molecule has 0 bridgehead atoms. The maximum atomic E-state index is 13.3. The molecule has 0 spiro atoms. The molecule has 9 nitrogen and oxygen atoms in total. The van der Waals surface area contributed by atoms with Crippen molar-refractivity contribution in [2.75, 3.05) is 0 Å². The molecule has 152 valence electrons. The Morgan fingerprint density at radius 3 is 2.35 bits per heavy atom. The second-order valence-electron chi connectivity index (χ2n) is 6.56.